The minimum Gasteiger partial charge on any atom is -0.508 e. The lowest BCUT2D eigenvalue weighted by Gasteiger charge is -2.15. The Hall–Kier alpha value is -2.62. The predicted octanol–water partition coefficient (Wildman–Crippen LogP) is 3.01. The molecule has 0 aromatic heterocycles. The van der Waals surface area contributed by atoms with Crippen molar-refractivity contribution in [3.05, 3.63) is 46.5 Å². The van der Waals surface area contributed by atoms with Gasteiger partial charge in [-0.1, -0.05) is 0 Å². The second-order valence-corrected chi connectivity index (χ2v) is 4.69. The van der Waals surface area contributed by atoms with E-state index < -0.39 is 0 Å². The summed E-state index contributed by atoms with van der Waals surface area (Å²) in [6.07, 6.45) is 1.28. The van der Waals surface area contributed by atoms with Crippen LogP contribution < -0.4 is 0 Å². The molecule has 20 heavy (non-hydrogen) atoms. The first-order chi connectivity index (χ1) is 9.47. The SMILES string of the molecule is Cc1cc(O)cc(C=O)c1-c1c(C)cc(O)cc1C=O. The quantitative estimate of drug-likeness (QED) is 0.841. The molecule has 2 aromatic carbocycles. The Morgan fingerprint density at radius 1 is 0.750 bits per heavy atom. The molecule has 2 aromatic rings. The largest absolute Gasteiger partial charge is 0.508 e. The van der Waals surface area contributed by atoms with Gasteiger partial charge >= 0.3 is 0 Å². The van der Waals surface area contributed by atoms with Crippen molar-refractivity contribution in [3.8, 4) is 22.6 Å². The summed E-state index contributed by atoms with van der Waals surface area (Å²) in [5.41, 5.74) is 3.17. The van der Waals surface area contributed by atoms with E-state index in [0.717, 1.165) is 0 Å². The van der Waals surface area contributed by atoms with E-state index >= 15 is 0 Å². The molecule has 0 aliphatic carbocycles. The van der Waals surface area contributed by atoms with Gasteiger partial charge in [-0.2, -0.15) is 0 Å². The molecule has 4 heteroatoms. The van der Waals surface area contributed by atoms with Crippen molar-refractivity contribution in [2.24, 2.45) is 0 Å². The number of carbonyl (C=O) groups is 2. The second kappa shape index (κ2) is 5.17. The molecule has 0 saturated carbocycles. The number of benzene rings is 2. The Kier molecular flexibility index (Phi) is 3.57. The van der Waals surface area contributed by atoms with Gasteiger partial charge in [0.15, 0.2) is 12.6 Å². The van der Waals surface area contributed by atoms with Crippen LogP contribution >= 0.6 is 0 Å². The van der Waals surface area contributed by atoms with Crippen molar-refractivity contribution in [1.82, 2.24) is 0 Å². The van der Waals surface area contributed by atoms with Gasteiger partial charge in [-0.25, -0.2) is 0 Å². The maximum atomic E-state index is 11.2. The van der Waals surface area contributed by atoms with Crippen LogP contribution in [0.1, 0.15) is 31.8 Å². The zero-order valence-electron chi connectivity index (χ0n) is 11.2. The number of phenols is 2. The van der Waals surface area contributed by atoms with Gasteiger partial charge in [0.2, 0.25) is 0 Å². The molecule has 0 atom stereocenters. The molecule has 0 amide bonds. The highest BCUT2D eigenvalue weighted by atomic mass is 16.3. The van der Waals surface area contributed by atoms with Gasteiger partial charge in [0.05, 0.1) is 0 Å². The first kappa shape index (κ1) is 13.8. The van der Waals surface area contributed by atoms with Crippen LogP contribution in [0.25, 0.3) is 11.1 Å². The monoisotopic (exact) mass is 270 g/mol. The fourth-order valence-electron chi connectivity index (χ4n) is 2.46. The Morgan fingerprint density at radius 3 is 1.40 bits per heavy atom. The molecule has 0 bridgehead atoms. The summed E-state index contributed by atoms with van der Waals surface area (Å²) in [6.45, 7) is 3.51. The van der Waals surface area contributed by atoms with Gasteiger partial charge in [0.1, 0.15) is 11.5 Å². The number of aromatic hydroxyl groups is 2. The van der Waals surface area contributed by atoms with Crippen LogP contribution in [0.3, 0.4) is 0 Å². The van der Waals surface area contributed by atoms with E-state index in [-0.39, 0.29) is 11.5 Å². The van der Waals surface area contributed by atoms with Crippen LogP contribution in [-0.2, 0) is 0 Å². The van der Waals surface area contributed by atoms with E-state index in [4.69, 9.17) is 0 Å². The molecule has 2 rings (SSSR count). The number of hydrogen-bond donors (Lipinski definition) is 2. The van der Waals surface area contributed by atoms with E-state index in [1.165, 1.54) is 24.3 Å². The average Bonchev–Trinajstić information content (AvgIpc) is 2.38. The molecule has 0 radical (unpaired) electrons. The van der Waals surface area contributed by atoms with Crippen LogP contribution in [0.15, 0.2) is 24.3 Å². The fraction of sp³-hybridized carbons (Fsp3) is 0.125. The highest BCUT2D eigenvalue weighted by molar-refractivity contribution is 5.97. The van der Waals surface area contributed by atoms with Crippen molar-refractivity contribution < 1.29 is 19.8 Å². The van der Waals surface area contributed by atoms with E-state index in [9.17, 15) is 19.8 Å². The summed E-state index contributed by atoms with van der Waals surface area (Å²) >= 11 is 0. The number of aldehydes is 2. The van der Waals surface area contributed by atoms with E-state index in [1.54, 1.807) is 13.8 Å². The number of rotatable bonds is 3. The summed E-state index contributed by atoms with van der Waals surface area (Å²) in [5, 5.41) is 19.1. The van der Waals surface area contributed by atoms with Crippen molar-refractivity contribution in [3.63, 3.8) is 0 Å². The summed E-state index contributed by atoms with van der Waals surface area (Å²) in [6, 6.07) is 5.78. The molecule has 102 valence electrons. The molecule has 0 fully saturated rings. The van der Waals surface area contributed by atoms with Crippen LogP contribution in [-0.4, -0.2) is 22.8 Å². The van der Waals surface area contributed by atoms with E-state index in [2.05, 4.69) is 0 Å². The smallest absolute Gasteiger partial charge is 0.150 e. The molecule has 4 nitrogen and oxygen atoms in total. The highest BCUT2D eigenvalue weighted by Gasteiger charge is 2.16. The summed E-state index contributed by atoms with van der Waals surface area (Å²) in [5.74, 6) is -0.00475. The molecule has 0 saturated heterocycles. The third-order valence-corrected chi connectivity index (χ3v) is 3.21. The third-order valence-electron chi connectivity index (χ3n) is 3.21. The minimum absolute atomic E-state index is 0.00238. The first-order valence-corrected chi connectivity index (χ1v) is 6.06. The molecule has 0 aliphatic heterocycles. The van der Waals surface area contributed by atoms with Crippen LogP contribution in [0.5, 0.6) is 11.5 Å². The Bertz CT molecular complexity index is 641. The van der Waals surface area contributed by atoms with Crippen molar-refractivity contribution in [1.29, 1.82) is 0 Å². The summed E-state index contributed by atoms with van der Waals surface area (Å²) in [4.78, 5) is 22.5. The van der Waals surface area contributed by atoms with Gasteiger partial charge < -0.3 is 10.2 Å². The minimum atomic E-state index is -0.00238. The molecule has 0 spiro atoms. The van der Waals surface area contributed by atoms with Gasteiger partial charge in [-0.15, -0.1) is 0 Å². The number of aryl methyl sites for hydroxylation is 2. The summed E-state index contributed by atoms with van der Waals surface area (Å²) < 4.78 is 0. The zero-order chi connectivity index (χ0) is 14.9. The highest BCUT2D eigenvalue weighted by Crippen LogP contribution is 2.36. The zero-order valence-corrected chi connectivity index (χ0v) is 11.2. The first-order valence-electron chi connectivity index (χ1n) is 6.06. The number of phenolic OH excluding ortho intramolecular Hbond substituents is 2. The Morgan fingerprint density at radius 2 is 1.10 bits per heavy atom. The third kappa shape index (κ3) is 2.28. The maximum absolute atomic E-state index is 11.2. The van der Waals surface area contributed by atoms with Gasteiger partial charge in [0.25, 0.3) is 0 Å². The predicted molar refractivity (Wildman–Crippen MR) is 75.5 cm³/mol. The number of carbonyl (C=O) groups excluding carboxylic acids is 2. The lowest BCUT2D eigenvalue weighted by atomic mass is 9.89. The summed E-state index contributed by atoms with van der Waals surface area (Å²) in [7, 11) is 0. The topological polar surface area (TPSA) is 74.6 Å². The molecular weight excluding hydrogens is 256 g/mol. The molecule has 2 N–H and O–H groups in total. The van der Waals surface area contributed by atoms with E-state index in [0.29, 0.717) is 46.0 Å². The standard InChI is InChI=1S/C16H14O4/c1-9-3-13(19)5-11(7-17)15(9)16-10(2)4-14(20)6-12(16)8-18/h3-8,19-20H,1-2H3. The molecule has 0 unspecified atom stereocenters. The molecule has 0 heterocycles. The van der Waals surface area contributed by atoms with Crippen molar-refractivity contribution in [2.75, 3.05) is 0 Å². The van der Waals surface area contributed by atoms with Crippen LogP contribution in [0, 0.1) is 13.8 Å². The van der Waals surface area contributed by atoms with Crippen LogP contribution in [0.2, 0.25) is 0 Å². The van der Waals surface area contributed by atoms with Crippen LogP contribution in [0.4, 0.5) is 0 Å². The van der Waals surface area contributed by atoms with Gasteiger partial charge in [-0.05, 0) is 60.4 Å². The fourth-order valence-corrected chi connectivity index (χ4v) is 2.46. The van der Waals surface area contributed by atoms with Gasteiger partial charge in [-0.3, -0.25) is 9.59 Å². The second-order valence-electron chi connectivity index (χ2n) is 4.69. The molecular formula is C16H14O4. The van der Waals surface area contributed by atoms with Gasteiger partial charge in [0, 0.05) is 11.1 Å². The Balaban J connectivity index is 2.88. The lowest BCUT2D eigenvalue weighted by Crippen LogP contribution is -1.98. The average molecular weight is 270 g/mol. The van der Waals surface area contributed by atoms with Crippen molar-refractivity contribution >= 4 is 12.6 Å². The molecule has 0 aliphatic rings. The maximum Gasteiger partial charge on any atom is 0.150 e. The van der Waals surface area contributed by atoms with E-state index in [1.807, 2.05) is 0 Å². The normalized spacial score (nSPS) is 10.3. The van der Waals surface area contributed by atoms with Crippen molar-refractivity contribution in [2.45, 2.75) is 13.8 Å². The lowest BCUT2D eigenvalue weighted by molar-refractivity contribution is 0.111. The number of hydrogen-bond acceptors (Lipinski definition) is 4. The Labute approximate surface area is 116 Å².